The lowest BCUT2D eigenvalue weighted by Gasteiger charge is -2.18. The van der Waals surface area contributed by atoms with Gasteiger partial charge in [0, 0.05) is 22.4 Å². The van der Waals surface area contributed by atoms with Crippen LogP contribution in [0.5, 0.6) is 0 Å². The number of ketones is 1. The maximum atomic E-state index is 12.6. The standard InChI is InChI=1S/C17H16N2O4S/c18-12-5-1-11(2-6-12)17(20)14-8-4-10-3-7-13(24(21,22)23)9-15(10)16(14)19/h1-2,4-6,8-9H,3,7,18-19H2,(H,21,22,23). The predicted octanol–water partition coefficient (Wildman–Crippen LogP) is 2.26. The number of fused-ring (bicyclic) bond motifs is 1. The summed E-state index contributed by atoms with van der Waals surface area (Å²) < 4.78 is 31.9. The Morgan fingerprint density at radius 2 is 1.67 bits per heavy atom. The second-order valence-corrected chi connectivity index (χ2v) is 7.11. The highest BCUT2D eigenvalue weighted by Gasteiger charge is 2.23. The first-order chi connectivity index (χ1) is 11.3. The summed E-state index contributed by atoms with van der Waals surface area (Å²) in [5.74, 6) is -0.275. The van der Waals surface area contributed by atoms with Crippen LogP contribution >= 0.6 is 0 Å². The number of hydrogen-bond acceptors (Lipinski definition) is 5. The lowest BCUT2D eigenvalue weighted by Crippen LogP contribution is -2.13. The Morgan fingerprint density at radius 1 is 1.00 bits per heavy atom. The van der Waals surface area contributed by atoms with E-state index >= 15 is 0 Å². The van der Waals surface area contributed by atoms with Gasteiger partial charge in [0.2, 0.25) is 0 Å². The second-order valence-electron chi connectivity index (χ2n) is 5.64. The fraction of sp³-hybridized carbons (Fsp3) is 0.118. The van der Waals surface area contributed by atoms with Gasteiger partial charge in [-0.2, -0.15) is 8.42 Å². The van der Waals surface area contributed by atoms with Crippen molar-refractivity contribution < 1.29 is 17.8 Å². The van der Waals surface area contributed by atoms with Crippen molar-refractivity contribution in [2.75, 3.05) is 11.5 Å². The van der Waals surface area contributed by atoms with E-state index in [2.05, 4.69) is 0 Å². The molecule has 0 fully saturated rings. The van der Waals surface area contributed by atoms with Gasteiger partial charge in [0.15, 0.2) is 5.78 Å². The molecular weight excluding hydrogens is 328 g/mol. The molecule has 2 aromatic carbocycles. The third kappa shape index (κ3) is 2.91. The first-order valence-corrected chi connectivity index (χ1v) is 8.71. The average molecular weight is 344 g/mol. The van der Waals surface area contributed by atoms with Crippen molar-refractivity contribution in [1.82, 2.24) is 0 Å². The number of allylic oxidation sites excluding steroid dienone is 1. The van der Waals surface area contributed by atoms with E-state index in [9.17, 15) is 17.8 Å². The van der Waals surface area contributed by atoms with Crippen molar-refractivity contribution in [3.8, 4) is 0 Å². The smallest absolute Gasteiger partial charge is 0.290 e. The summed E-state index contributed by atoms with van der Waals surface area (Å²) in [5.41, 5.74) is 14.5. The van der Waals surface area contributed by atoms with Gasteiger partial charge in [-0.15, -0.1) is 0 Å². The highest BCUT2D eigenvalue weighted by molar-refractivity contribution is 7.90. The summed E-state index contributed by atoms with van der Waals surface area (Å²) in [6.45, 7) is 0. The summed E-state index contributed by atoms with van der Waals surface area (Å²) in [6.07, 6.45) is 1.97. The molecule has 6 nitrogen and oxygen atoms in total. The zero-order valence-corrected chi connectivity index (χ0v) is 13.5. The number of rotatable bonds is 3. The van der Waals surface area contributed by atoms with E-state index in [0.717, 1.165) is 5.56 Å². The average Bonchev–Trinajstić information content (AvgIpc) is 2.54. The molecule has 1 aliphatic carbocycles. The van der Waals surface area contributed by atoms with Gasteiger partial charge in [-0.25, -0.2) is 0 Å². The monoisotopic (exact) mass is 344 g/mol. The Morgan fingerprint density at radius 3 is 2.29 bits per heavy atom. The van der Waals surface area contributed by atoms with Crippen LogP contribution in [-0.4, -0.2) is 18.8 Å². The van der Waals surface area contributed by atoms with Crippen LogP contribution in [0.2, 0.25) is 0 Å². The van der Waals surface area contributed by atoms with Crippen molar-refractivity contribution >= 4 is 33.4 Å². The van der Waals surface area contributed by atoms with E-state index in [-0.39, 0.29) is 28.4 Å². The molecule has 0 saturated heterocycles. The number of nitrogen functional groups attached to an aromatic ring is 2. The molecule has 5 N–H and O–H groups in total. The molecule has 1 aliphatic rings. The fourth-order valence-corrected chi connectivity index (χ4v) is 3.38. The number of anilines is 2. The van der Waals surface area contributed by atoms with Gasteiger partial charge in [-0.05, 0) is 54.8 Å². The molecule has 0 radical (unpaired) electrons. The van der Waals surface area contributed by atoms with Gasteiger partial charge in [-0.1, -0.05) is 6.07 Å². The number of hydrogen-bond donors (Lipinski definition) is 3. The third-order valence-corrected chi connectivity index (χ3v) is 5.06. The Hall–Kier alpha value is -2.64. The quantitative estimate of drug-likeness (QED) is 0.446. The number of nitrogens with two attached hydrogens (primary N) is 2. The van der Waals surface area contributed by atoms with Crippen LogP contribution in [0.15, 0.2) is 41.3 Å². The molecule has 0 aromatic heterocycles. The summed E-state index contributed by atoms with van der Waals surface area (Å²) >= 11 is 0. The number of carbonyl (C=O) groups excluding carboxylic acids is 1. The summed E-state index contributed by atoms with van der Waals surface area (Å²) in [7, 11) is -4.27. The van der Waals surface area contributed by atoms with Crippen LogP contribution in [0.1, 0.15) is 33.5 Å². The first-order valence-electron chi connectivity index (χ1n) is 7.27. The lowest BCUT2D eigenvalue weighted by atomic mass is 9.91. The zero-order valence-electron chi connectivity index (χ0n) is 12.7. The van der Waals surface area contributed by atoms with Gasteiger partial charge in [0.1, 0.15) is 0 Å². The Balaban J connectivity index is 2.09. The minimum absolute atomic E-state index is 0.0983. The van der Waals surface area contributed by atoms with Crippen molar-refractivity contribution in [3.63, 3.8) is 0 Å². The highest BCUT2D eigenvalue weighted by Crippen LogP contribution is 2.33. The maximum absolute atomic E-state index is 12.6. The molecule has 0 bridgehead atoms. The van der Waals surface area contributed by atoms with Crippen LogP contribution in [0.4, 0.5) is 11.4 Å². The lowest BCUT2D eigenvalue weighted by molar-refractivity contribution is 0.103. The minimum Gasteiger partial charge on any atom is -0.399 e. The van der Waals surface area contributed by atoms with E-state index in [0.29, 0.717) is 23.2 Å². The van der Waals surface area contributed by atoms with E-state index in [1.165, 1.54) is 6.08 Å². The van der Waals surface area contributed by atoms with Crippen LogP contribution in [-0.2, 0) is 16.5 Å². The number of carbonyl (C=O) groups is 1. The Bertz CT molecular complexity index is 961. The molecule has 0 atom stereocenters. The van der Waals surface area contributed by atoms with Crippen LogP contribution in [0.25, 0.3) is 6.08 Å². The zero-order chi connectivity index (χ0) is 17.5. The summed E-state index contributed by atoms with van der Waals surface area (Å²) in [4.78, 5) is 12.5. The van der Waals surface area contributed by atoms with Gasteiger partial charge in [-0.3, -0.25) is 9.35 Å². The molecule has 24 heavy (non-hydrogen) atoms. The van der Waals surface area contributed by atoms with Gasteiger partial charge >= 0.3 is 0 Å². The van der Waals surface area contributed by atoms with Crippen molar-refractivity contribution in [2.24, 2.45) is 0 Å². The van der Waals surface area contributed by atoms with E-state index in [1.54, 1.807) is 36.4 Å². The summed E-state index contributed by atoms with van der Waals surface area (Å²) in [5, 5.41) is 0. The molecule has 0 unspecified atom stereocenters. The van der Waals surface area contributed by atoms with Crippen LogP contribution < -0.4 is 11.5 Å². The molecule has 0 aliphatic heterocycles. The third-order valence-electron chi connectivity index (χ3n) is 4.07. The SMILES string of the molecule is Nc1ccc(C(=O)c2ccc3c(c2N)C=C(S(=O)(=O)O)CC3)cc1. The molecule has 0 heterocycles. The van der Waals surface area contributed by atoms with Gasteiger partial charge < -0.3 is 11.5 Å². The van der Waals surface area contributed by atoms with E-state index < -0.39 is 10.1 Å². The topological polar surface area (TPSA) is 123 Å². The number of aryl methyl sites for hydroxylation is 1. The molecule has 0 saturated carbocycles. The fourth-order valence-electron chi connectivity index (χ4n) is 2.75. The van der Waals surface area contributed by atoms with Crippen molar-refractivity contribution in [2.45, 2.75) is 12.8 Å². The van der Waals surface area contributed by atoms with E-state index in [4.69, 9.17) is 11.5 Å². The normalized spacial score (nSPS) is 14.0. The van der Waals surface area contributed by atoms with Crippen LogP contribution in [0, 0.1) is 0 Å². The molecular formula is C17H16N2O4S. The maximum Gasteiger partial charge on any atom is 0.290 e. The first kappa shape index (κ1) is 16.2. The highest BCUT2D eigenvalue weighted by atomic mass is 32.2. The second kappa shape index (κ2) is 5.77. The van der Waals surface area contributed by atoms with Crippen molar-refractivity contribution in [1.29, 1.82) is 0 Å². The summed E-state index contributed by atoms with van der Waals surface area (Å²) in [6, 6.07) is 9.86. The van der Waals surface area contributed by atoms with Crippen molar-refractivity contribution in [3.05, 3.63) is 63.6 Å². The largest absolute Gasteiger partial charge is 0.399 e. The molecule has 3 rings (SSSR count). The Kier molecular flexibility index (Phi) is 3.90. The Labute approximate surface area is 139 Å². The predicted molar refractivity (Wildman–Crippen MR) is 93.0 cm³/mol. The number of benzene rings is 2. The molecule has 2 aromatic rings. The van der Waals surface area contributed by atoms with Crippen LogP contribution in [0.3, 0.4) is 0 Å². The van der Waals surface area contributed by atoms with Gasteiger partial charge in [0.25, 0.3) is 10.1 Å². The minimum atomic E-state index is -4.27. The molecule has 0 spiro atoms. The molecule has 7 heteroatoms. The molecule has 124 valence electrons. The van der Waals surface area contributed by atoms with Gasteiger partial charge in [0.05, 0.1) is 10.6 Å². The van der Waals surface area contributed by atoms with E-state index in [1.807, 2.05) is 0 Å². The molecule has 0 amide bonds.